The molecular weight excluding hydrogens is 236 g/mol. The molecule has 1 fully saturated rings. The Bertz CT molecular complexity index is 587. The van der Waals surface area contributed by atoms with Crippen molar-refractivity contribution >= 4 is 11.0 Å². The Kier molecular flexibility index (Phi) is 3.27. The lowest BCUT2D eigenvalue weighted by atomic mass is 10.2. The van der Waals surface area contributed by atoms with Gasteiger partial charge in [-0.3, -0.25) is 4.68 Å². The molecule has 0 bridgehead atoms. The van der Waals surface area contributed by atoms with E-state index in [9.17, 15) is 0 Å². The van der Waals surface area contributed by atoms with Crippen LogP contribution in [0.5, 0.6) is 0 Å². The number of aryl methyl sites for hydroxylation is 2. The third kappa shape index (κ3) is 2.50. The van der Waals surface area contributed by atoms with E-state index >= 15 is 0 Å². The van der Waals surface area contributed by atoms with E-state index in [1.54, 1.807) is 0 Å². The second-order valence-electron chi connectivity index (χ2n) is 5.70. The molecule has 2 atom stereocenters. The van der Waals surface area contributed by atoms with Crippen LogP contribution in [-0.4, -0.2) is 20.8 Å². The van der Waals surface area contributed by atoms with E-state index < -0.39 is 0 Å². The number of rotatable bonds is 5. The van der Waals surface area contributed by atoms with Crippen molar-refractivity contribution in [1.82, 2.24) is 20.1 Å². The van der Waals surface area contributed by atoms with Gasteiger partial charge in [-0.1, -0.05) is 13.3 Å². The maximum Gasteiger partial charge on any atom is 0.157 e. The molecular formula is C15H22N4. The topological polar surface area (TPSA) is 42.7 Å². The number of hydrogen-bond acceptors (Lipinski definition) is 3. The normalized spacial score (nSPS) is 22.1. The van der Waals surface area contributed by atoms with Crippen LogP contribution < -0.4 is 5.32 Å². The summed E-state index contributed by atoms with van der Waals surface area (Å²) in [5.74, 6) is 0.904. The molecule has 2 aromatic rings. The largest absolute Gasteiger partial charge is 0.310 e. The van der Waals surface area contributed by atoms with Crippen LogP contribution in [0.15, 0.2) is 12.3 Å². The van der Waals surface area contributed by atoms with Crippen LogP contribution in [0.2, 0.25) is 0 Å². The summed E-state index contributed by atoms with van der Waals surface area (Å²) in [5.41, 5.74) is 3.28. The Morgan fingerprint density at radius 3 is 3.11 bits per heavy atom. The van der Waals surface area contributed by atoms with Crippen molar-refractivity contribution in [3.63, 3.8) is 0 Å². The molecule has 1 saturated carbocycles. The fraction of sp³-hybridized carbons (Fsp3) is 0.600. The number of fused-ring (bicyclic) bond motifs is 1. The molecule has 1 N–H and O–H groups in total. The summed E-state index contributed by atoms with van der Waals surface area (Å²) in [7, 11) is 1.94. The molecule has 1 aliphatic rings. The lowest BCUT2D eigenvalue weighted by molar-refractivity contribution is 0.599. The minimum atomic E-state index is 0.727. The molecule has 4 heteroatoms. The minimum Gasteiger partial charge on any atom is -0.310 e. The maximum absolute atomic E-state index is 4.52. The van der Waals surface area contributed by atoms with E-state index in [0.717, 1.165) is 29.8 Å². The summed E-state index contributed by atoms with van der Waals surface area (Å²) in [6.45, 7) is 5.22. The van der Waals surface area contributed by atoms with Crippen molar-refractivity contribution < 1.29 is 0 Å². The molecule has 0 radical (unpaired) electrons. The van der Waals surface area contributed by atoms with E-state index in [0.29, 0.717) is 0 Å². The predicted octanol–water partition coefficient (Wildman–Crippen LogP) is 2.55. The van der Waals surface area contributed by atoms with Gasteiger partial charge in [-0.05, 0) is 37.3 Å². The van der Waals surface area contributed by atoms with Crippen LogP contribution >= 0.6 is 0 Å². The van der Waals surface area contributed by atoms with Crippen LogP contribution in [-0.2, 0) is 13.6 Å². The van der Waals surface area contributed by atoms with Crippen molar-refractivity contribution in [3.05, 3.63) is 23.5 Å². The van der Waals surface area contributed by atoms with E-state index in [2.05, 4.69) is 28.4 Å². The van der Waals surface area contributed by atoms with Gasteiger partial charge >= 0.3 is 0 Å². The highest BCUT2D eigenvalue weighted by Crippen LogP contribution is 2.34. The third-order valence-corrected chi connectivity index (χ3v) is 4.07. The van der Waals surface area contributed by atoms with Gasteiger partial charge in [0.05, 0.1) is 5.69 Å². The lowest BCUT2D eigenvalue weighted by Gasteiger charge is -2.04. The molecule has 19 heavy (non-hydrogen) atoms. The second kappa shape index (κ2) is 4.93. The van der Waals surface area contributed by atoms with Crippen LogP contribution in [0.3, 0.4) is 0 Å². The highest BCUT2D eigenvalue weighted by molar-refractivity contribution is 5.78. The predicted molar refractivity (Wildman–Crippen MR) is 76.9 cm³/mol. The molecule has 0 aromatic carbocycles. The Morgan fingerprint density at radius 2 is 2.32 bits per heavy atom. The highest BCUT2D eigenvalue weighted by atomic mass is 15.3. The summed E-state index contributed by atoms with van der Waals surface area (Å²) in [6.07, 6.45) is 5.96. The first kappa shape index (κ1) is 12.6. The number of aromatic nitrogens is 3. The smallest absolute Gasteiger partial charge is 0.157 e. The Morgan fingerprint density at radius 1 is 1.47 bits per heavy atom. The van der Waals surface area contributed by atoms with Gasteiger partial charge < -0.3 is 5.32 Å². The first-order valence-corrected chi connectivity index (χ1v) is 7.20. The SMILES string of the molecule is CCCC1CC1NCc1cnc2c(c1)c(C)nn2C. The number of nitrogens with one attached hydrogen (secondary N) is 1. The molecule has 0 amide bonds. The van der Waals surface area contributed by atoms with Gasteiger partial charge in [-0.25, -0.2) is 4.98 Å². The van der Waals surface area contributed by atoms with Crippen LogP contribution in [0.4, 0.5) is 0 Å². The zero-order valence-electron chi connectivity index (χ0n) is 12.0. The van der Waals surface area contributed by atoms with Gasteiger partial charge in [0.25, 0.3) is 0 Å². The average molecular weight is 258 g/mol. The summed E-state index contributed by atoms with van der Waals surface area (Å²) in [4.78, 5) is 4.52. The molecule has 4 nitrogen and oxygen atoms in total. The van der Waals surface area contributed by atoms with Crippen molar-refractivity contribution in [2.24, 2.45) is 13.0 Å². The Balaban J connectivity index is 1.67. The quantitative estimate of drug-likeness (QED) is 0.896. The minimum absolute atomic E-state index is 0.727. The van der Waals surface area contributed by atoms with Gasteiger partial charge in [0.2, 0.25) is 0 Å². The summed E-state index contributed by atoms with van der Waals surface area (Å²) >= 11 is 0. The number of hydrogen-bond donors (Lipinski definition) is 1. The Labute approximate surface area is 114 Å². The van der Waals surface area contributed by atoms with Gasteiger partial charge in [0.15, 0.2) is 5.65 Å². The van der Waals surface area contributed by atoms with E-state index in [1.807, 2.05) is 24.9 Å². The third-order valence-electron chi connectivity index (χ3n) is 4.07. The summed E-state index contributed by atoms with van der Waals surface area (Å²) in [5, 5.41) is 9.21. The summed E-state index contributed by atoms with van der Waals surface area (Å²) < 4.78 is 1.85. The van der Waals surface area contributed by atoms with E-state index in [-0.39, 0.29) is 0 Å². The van der Waals surface area contributed by atoms with E-state index in [1.165, 1.54) is 30.2 Å². The van der Waals surface area contributed by atoms with E-state index in [4.69, 9.17) is 0 Å². The lowest BCUT2D eigenvalue weighted by Crippen LogP contribution is -2.17. The molecule has 2 unspecified atom stereocenters. The molecule has 0 spiro atoms. The fourth-order valence-electron chi connectivity index (χ4n) is 2.88. The van der Waals surface area contributed by atoms with Crippen molar-refractivity contribution in [3.8, 4) is 0 Å². The average Bonchev–Trinajstić information content (AvgIpc) is 3.08. The van der Waals surface area contributed by atoms with Crippen LogP contribution in [0, 0.1) is 12.8 Å². The summed E-state index contributed by atoms with van der Waals surface area (Å²) in [6, 6.07) is 2.94. The number of pyridine rings is 1. The molecule has 0 aliphatic heterocycles. The van der Waals surface area contributed by atoms with Crippen LogP contribution in [0.1, 0.15) is 37.4 Å². The monoisotopic (exact) mass is 258 g/mol. The van der Waals surface area contributed by atoms with Crippen molar-refractivity contribution in [1.29, 1.82) is 0 Å². The first-order chi connectivity index (χ1) is 9.19. The zero-order chi connectivity index (χ0) is 13.4. The van der Waals surface area contributed by atoms with Crippen molar-refractivity contribution in [2.45, 2.75) is 45.7 Å². The molecule has 2 heterocycles. The molecule has 102 valence electrons. The molecule has 1 aliphatic carbocycles. The highest BCUT2D eigenvalue weighted by Gasteiger charge is 2.35. The zero-order valence-corrected chi connectivity index (χ0v) is 12.0. The molecule has 3 rings (SSSR count). The molecule has 2 aromatic heterocycles. The standard InChI is InChI=1S/C15H22N4/c1-4-5-12-7-14(12)16-8-11-6-13-10(2)18-19(3)15(13)17-9-11/h6,9,12,14,16H,4-5,7-8H2,1-3H3. The van der Waals surface area contributed by atoms with Crippen LogP contribution in [0.25, 0.3) is 11.0 Å². The maximum atomic E-state index is 4.52. The Hall–Kier alpha value is -1.42. The van der Waals surface area contributed by atoms with Gasteiger partial charge in [0, 0.05) is 31.2 Å². The fourth-order valence-corrected chi connectivity index (χ4v) is 2.88. The van der Waals surface area contributed by atoms with Gasteiger partial charge in [0.1, 0.15) is 0 Å². The first-order valence-electron chi connectivity index (χ1n) is 7.20. The molecule has 0 saturated heterocycles. The second-order valence-corrected chi connectivity index (χ2v) is 5.70. The van der Waals surface area contributed by atoms with Gasteiger partial charge in [-0.15, -0.1) is 0 Å². The van der Waals surface area contributed by atoms with Gasteiger partial charge in [-0.2, -0.15) is 5.10 Å². The van der Waals surface area contributed by atoms with Crippen molar-refractivity contribution in [2.75, 3.05) is 0 Å². The number of nitrogens with zero attached hydrogens (tertiary/aromatic N) is 3.